The highest BCUT2D eigenvalue weighted by atomic mass is 19.3. The van der Waals surface area contributed by atoms with Crippen molar-refractivity contribution in [1.82, 2.24) is 15.0 Å². The summed E-state index contributed by atoms with van der Waals surface area (Å²) < 4.78 is 25.7. The molecule has 70 valence electrons. The van der Waals surface area contributed by atoms with E-state index < -0.39 is 11.7 Å². The summed E-state index contributed by atoms with van der Waals surface area (Å²) in [7, 11) is 0. The Morgan fingerprint density at radius 2 is 2.29 bits per heavy atom. The maximum atomic E-state index is 12.8. The number of fused-ring (bicyclic) bond motifs is 1. The van der Waals surface area contributed by atoms with Gasteiger partial charge in [0.1, 0.15) is 6.07 Å². The molecule has 0 fully saturated rings. The highest BCUT2D eigenvalue weighted by Crippen LogP contribution is 2.25. The van der Waals surface area contributed by atoms with Crippen molar-refractivity contribution in [3.8, 4) is 6.07 Å². The minimum atomic E-state index is -3.60. The summed E-state index contributed by atoms with van der Waals surface area (Å²) in [6, 6.07) is 4.02. The predicted octanol–water partition coefficient (Wildman–Crippen LogP) is 1.57. The Bertz CT molecular complexity index is 478. The van der Waals surface area contributed by atoms with Gasteiger partial charge in [0.15, 0.2) is 11.5 Å². The molecule has 0 saturated carbocycles. The molecule has 0 aliphatic rings. The van der Waals surface area contributed by atoms with Gasteiger partial charge in [-0.25, -0.2) is 9.97 Å². The van der Waals surface area contributed by atoms with Crippen LogP contribution in [0.2, 0.25) is 0 Å². The Kier molecular flexibility index (Phi) is 1.67. The van der Waals surface area contributed by atoms with E-state index in [0.717, 1.165) is 6.07 Å². The van der Waals surface area contributed by atoms with Crippen molar-refractivity contribution >= 4 is 11.2 Å². The number of pyridine rings is 1. The third-order valence-electron chi connectivity index (χ3n) is 1.70. The zero-order chi connectivity index (χ0) is 10.2. The molecule has 0 bridgehead atoms. The molecule has 0 aliphatic carbocycles. The van der Waals surface area contributed by atoms with E-state index in [1.807, 2.05) is 0 Å². The smallest absolute Gasteiger partial charge is 0.335 e. The third-order valence-corrected chi connectivity index (χ3v) is 1.70. The van der Waals surface area contributed by atoms with Gasteiger partial charge in [-0.15, -0.1) is 0 Å². The van der Waals surface area contributed by atoms with E-state index in [4.69, 9.17) is 5.26 Å². The number of nitrogens with one attached hydrogen (secondary N) is 1. The molecular formula is C8H4F2N4. The van der Waals surface area contributed by atoms with E-state index in [2.05, 4.69) is 15.0 Å². The summed E-state index contributed by atoms with van der Waals surface area (Å²) in [5.74, 6) is -4.27. The lowest BCUT2D eigenvalue weighted by Gasteiger charge is -2.00. The van der Waals surface area contributed by atoms with Crippen LogP contribution in [0.25, 0.3) is 11.2 Å². The normalized spacial score (nSPS) is 11.5. The molecule has 0 atom stereocenters. The zero-order valence-electron chi connectivity index (χ0n) is 6.83. The molecule has 0 spiro atoms. The highest BCUT2D eigenvalue weighted by Gasteiger charge is 2.35. The summed E-state index contributed by atoms with van der Waals surface area (Å²) in [5, 5.41) is 8.19. The number of halogens is 2. The van der Waals surface area contributed by atoms with Gasteiger partial charge in [-0.1, -0.05) is 0 Å². The average molecular weight is 194 g/mol. The Morgan fingerprint density at radius 3 is 2.93 bits per heavy atom. The number of imidazole rings is 1. The van der Waals surface area contributed by atoms with Crippen molar-refractivity contribution < 1.29 is 8.78 Å². The minimum absolute atomic E-state index is 0.178. The summed E-state index contributed by atoms with van der Waals surface area (Å²) in [6.45, 7) is 0. The van der Waals surface area contributed by atoms with Gasteiger partial charge in [0.05, 0.1) is 5.52 Å². The topological polar surface area (TPSA) is 65.4 Å². The number of aromatic amines is 1. The number of hydrogen-bond donors (Lipinski definition) is 1. The van der Waals surface area contributed by atoms with E-state index in [1.54, 1.807) is 12.1 Å². The van der Waals surface area contributed by atoms with Gasteiger partial charge in [0.2, 0.25) is 0 Å². The number of H-pyrrole nitrogens is 1. The number of rotatable bonds is 1. The van der Waals surface area contributed by atoms with Crippen LogP contribution in [0.15, 0.2) is 18.3 Å². The predicted molar refractivity (Wildman–Crippen MR) is 43.4 cm³/mol. The first-order valence-corrected chi connectivity index (χ1v) is 3.74. The monoisotopic (exact) mass is 194 g/mol. The van der Waals surface area contributed by atoms with E-state index in [-0.39, 0.29) is 5.65 Å². The third kappa shape index (κ3) is 1.19. The van der Waals surface area contributed by atoms with E-state index in [9.17, 15) is 8.78 Å². The second kappa shape index (κ2) is 2.73. The molecule has 0 amide bonds. The van der Waals surface area contributed by atoms with Gasteiger partial charge in [-0.05, 0) is 12.1 Å². The number of nitriles is 1. The molecule has 0 aromatic carbocycles. The fourth-order valence-corrected chi connectivity index (χ4v) is 1.05. The SMILES string of the molecule is N#CC(F)(F)c1nc2ncccc2[nH]1. The molecule has 1 N–H and O–H groups in total. The van der Waals surface area contributed by atoms with E-state index >= 15 is 0 Å². The van der Waals surface area contributed by atoms with Crippen LogP contribution in [0, 0.1) is 11.3 Å². The number of hydrogen-bond acceptors (Lipinski definition) is 3. The maximum absolute atomic E-state index is 12.8. The van der Waals surface area contributed by atoms with E-state index in [1.165, 1.54) is 6.20 Å². The van der Waals surface area contributed by atoms with Crippen LogP contribution in [-0.4, -0.2) is 15.0 Å². The molecule has 0 aliphatic heterocycles. The highest BCUT2D eigenvalue weighted by molar-refractivity contribution is 5.70. The lowest BCUT2D eigenvalue weighted by atomic mass is 10.4. The van der Waals surface area contributed by atoms with Crippen molar-refractivity contribution in [3.63, 3.8) is 0 Å². The molecular weight excluding hydrogens is 190 g/mol. The lowest BCUT2D eigenvalue weighted by molar-refractivity contribution is 0.0523. The Balaban J connectivity index is 2.62. The van der Waals surface area contributed by atoms with Crippen LogP contribution >= 0.6 is 0 Å². The van der Waals surface area contributed by atoms with Crippen molar-refractivity contribution in [3.05, 3.63) is 24.2 Å². The van der Waals surface area contributed by atoms with Gasteiger partial charge in [-0.3, -0.25) is 0 Å². The van der Waals surface area contributed by atoms with Gasteiger partial charge < -0.3 is 4.98 Å². The summed E-state index contributed by atoms with van der Waals surface area (Å²) in [6.07, 6.45) is 1.44. The molecule has 2 rings (SSSR count). The van der Waals surface area contributed by atoms with Gasteiger partial charge >= 0.3 is 5.92 Å². The van der Waals surface area contributed by atoms with Gasteiger partial charge in [-0.2, -0.15) is 14.0 Å². The number of alkyl halides is 2. The van der Waals surface area contributed by atoms with Crippen LogP contribution < -0.4 is 0 Å². The molecule has 2 heterocycles. The quantitative estimate of drug-likeness (QED) is 0.749. The Morgan fingerprint density at radius 1 is 1.50 bits per heavy atom. The van der Waals surface area contributed by atoms with Crippen LogP contribution in [0.4, 0.5) is 8.78 Å². The maximum Gasteiger partial charge on any atom is 0.388 e. The summed E-state index contributed by atoms with van der Waals surface area (Å²) in [4.78, 5) is 9.62. The zero-order valence-corrected chi connectivity index (χ0v) is 6.83. The largest absolute Gasteiger partial charge is 0.388 e. The van der Waals surface area contributed by atoms with Crippen molar-refractivity contribution in [2.24, 2.45) is 0 Å². The summed E-state index contributed by atoms with van der Waals surface area (Å²) in [5.41, 5.74) is 0.565. The van der Waals surface area contributed by atoms with Crippen LogP contribution in [0.1, 0.15) is 5.82 Å². The van der Waals surface area contributed by atoms with Crippen LogP contribution in [0.5, 0.6) is 0 Å². The Hall–Kier alpha value is -2.03. The molecule has 6 heteroatoms. The summed E-state index contributed by atoms with van der Waals surface area (Å²) >= 11 is 0. The first-order chi connectivity index (χ1) is 6.63. The first-order valence-electron chi connectivity index (χ1n) is 3.74. The molecule has 2 aromatic rings. The molecule has 2 aromatic heterocycles. The van der Waals surface area contributed by atoms with Crippen molar-refractivity contribution in [2.75, 3.05) is 0 Å². The molecule has 14 heavy (non-hydrogen) atoms. The molecule has 4 nitrogen and oxygen atoms in total. The fraction of sp³-hybridized carbons (Fsp3) is 0.125. The van der Waals surface area contributed by atoms with Gasteiger partial charge in [0.25, 0.3) is 0 Å². The van der Waals surface area contributed by atoms with Crippen molar-refractivity contribution in [2.45, 2.75) is 5.92 Å². The second-order valence-electron chi connectivity index (χ2n) is 2.65. The first kappa shape index (κ1) is 8.56. The second-order valence-corrected chi connectivity index (χ2v) is 2.65. The number of nitrogens with zero attached hydrogens (tertiary/aromatic N) is 3. The lowest BCUT2D eigenvalue weighted by Crippen LogP contribution is -2.11. The molecule has 0 radical (unpaired) electrons. The van der Waals surface area contributed by atoms with Crippen LogP contribution in [0.3, 0.4) is 0 Å². The molecule has 0 unspecified atom stereocenters. The molecule has 0 saturated heterocycles. The van der Waals surface area contributed by atoms with Crippen LogP contribution in [-0.2, 0) is 5.92 Å². The number of aromatic nitrogens is 3. The minimum Gasteiger partial charge on any atom is -0.335 e. The van der Waals surface area contributed by atoms with Gasteiger partial charge in [0, 0.05) is 6.20 Å². The standard InChI is InChI=1S/C8H4F2N4/c9-8(10,4-11)7-13-5-2-1-3-12-6(5)14-7/h1-3H,(H,12,13,14). The average Bonchev–Trinajstić information content (AvgIpc) is 2.61. The Labute approximate surface area is 77.2 Å². The fourth-order valence-electron chi connectivity index (χ4n) is 1.05. The van der Waals surface area contributed by atoms with E-state index in [0.29, 0.717) is 5.52 Å². The van der Waals surface area contributed by atoms with Crippen molar-refractivity contribution in [1.29, 1.82) is 5.26 Å².